The lowest BCUT2D eigenvalue weighted by Gasteiger charge is -2.41. The van der Waals surface area contributed by atoms with E-state index in [9.17, 15) is 5.11 Å². The molecule has 4 atom stereocenters. The summed E-state index contributed by atoms with van der Waals surface area (Å²) in [6.07, 6.45) is 2.44. The van der Waals surface area contributed by atoms with Gasteiger partial charge in [-0.05, 0) is 51.0 Å². The Morgan fingerprint density at radius 1 is 1.28 bits per heavy atom. The zero-order valence-corrected chi connectivity index (χ0v) is 12.8. The van der Waals surface area contributed by atoms with Crippen LogP contribution in [-0.4, -0.2) is 41.3 Å². The Morgan fingerprint density at radius 3 is 2.33 bits per heavy atom. The monoisotopic (exact) mass is 256 g/mol. The average molecular weight is 256 g/mol. The molecule has 1 aliphatic rings. The summed E-state index contributed by atoms with van der Waals surface area (Å²) in [5.74, 6) is 2.03. The summed E-state index contributed by atoms with van der Waals surface area (Å²) in [7, 11) is 0. The number of rotatable bonds is 5. The molecule has 0 bridgehead atoms. The van der Waals surface area contributed by atoms with Gasteiger partial charge in [-0.25, -0.2) is 0 Å². The van der Waals surface area contributed by atoms with Gasteiger partial charge in [0, 0.05) is 19.1 Å². The van der Waals surface area contributed by atoms with E-state index < -0.39 is 5.60 Å². The van der Waals surface area contributed by atoms with Gasteiger partial charge in [0.15, 0.2) is 0 Å². The molecule has 1 fully saturated rings. The first-order chi connectivity index (χ1) is 8.23. The molecule has 108 valence electrons. The largest absolute Gasteiger partial charge is 0.389 e. The van der Waals surface area contributed by atoms with Crippen molar-refractivity contribution in [1.82, 2.24) is 4.90 Å². The normalized spacial score (nSPS) is 34.0. The fourth-order valence-corrected chi connectivity index (χ4v) is 3.43. The highest BCUT2D eigenvalue weighted by atomic mass is 16.3. The second-order valence-electron chi connectivity index (χ2n) is 7.02. The van der Waals surface area contributed by atoms with Gasteiger partial charge < -0.3 is 15.7 Å². The van der Waals surface area contributed by atoms with Crippen LogP contribution in [0.3, 0.4) is 0 Å². The molecule has 0 saturated heterocycles. The Kier molecular flexibility index (Phi) is 5.63. The number of likely N-dealkylation sites (N-methyl/N-ethyl adjacent to an activating group) is 1. The van der Waals surface area contributed by atoms with E-state index in [4.69, 9.17) is 5.73 Å². The minimum Gasteiger partial charge on any atom is -0.389 e. The van der Waals surface area contributed by atoms with E-state index in [-0.39, 0.29) is 0 Å². The van der Waals surface area contributed by atoms with Gasteiger partial charge in [-0.2, -0.15) is 0 Å². The van der Waals surface area contributed by atoms with Gasteiger partial charge in [-0.15, -0.1) is 0 Å². The van der Waals surface area contributed by atoms with Crippen LogP contribution in [0.2, 0.25) is 0 Å². The lowest BCUT2D eigenvalue weighted by Crippen LogP contribution is -2.49. The second kappa shape index (κ2) is 6.36. The highest BCUT2D eigenvalue weighted by molar-refractivity contribution is 4.88. The standard InChI is InChI=1S/C15H32N2O/c1-6-17(10-15(4,5)18)9-13-12(3)7-11(2)8-14(13)16/h11-14,18H,6-10,16H2,1-5H3. The highest BCUT2D eigenvalue weighted by Gasteiger charge is 2.33. The summed E-state index contributed by atoms with van der Waals surface area (Å²) in [6, 6.07) is 0.319. The molecule has 0 spiro atoms. The fourth-order valence-electron chi connectivity index (χ4n) is 3.43. The second-order valence-corrected chi connectivity index (χ2v) is 7.02. The van der Waals surface area contributed by atoms with Crippen molar-refractivity contribution < 1.29 is 5.11 Å². The molecule has 0 aromatic rings. The molecular formula is C15H32N2O. The van der Waals surface area contributed by atoms with Crippen LogP contribution in [0.5, 0.6) is 0 Å². The summed E-state index contributed by atoms with van der Waals surface area (Å²) in [4.78, 5) is 2.34. The lowest BCUT2D eigenvalue weighted by molar-refractivity contribution is 0.0221. The van der Waals surface area contributed by atoms with Crippen LogP contribution in [0, 0.1) is 17.8 Å². The molecule has 3 nitrogen and oxygen atoms in total. The Hall–Kier alpha value is -0.120. The molecule has 0 amide bonds. The van der Waals surface area contributed by atoms with Crippen LogP contribution >= 0.6 is 0 Å². The predicted octanol–water partition coefficient (Wildman–Crippen LogP) is 2.09. The predicted molar refractivity (Wildman–Crippen MR) is 77.4 cm³/mol. The highest BCUT2D eigenvalue weighted by Crippen LogP contribution is 2.33. The first-order valence-corrected chi connectivity index (χ1v) is 7.43. The van der Waals surface area contributed by atoms with Gasteiger partial charge in [0.1, 0.15) is 0 Å². The lowest BCUT2D eigenvalue weighted by atomic mass is 9.72. The number of aliphatic hydroxyl groups is 1. The first kappa shape index (κ1) is 15.9. The maximum atomic E-state index is 9.95. The SMILES string of the molecule is CCN(CC1C(C)CC(C)CC1N)CC(C)(C)O. The number of nitrogens with zero attached hydrogens (tertiary/aromatic N) is 1. The van der Waals surface area contributed by atoms with E-state index in [1.54, 1.807) is 0 Å². The van der Waals surface area contributed by atoms with Crippen LogP contribution < -0.4 is 5.73 Å². The maximum absolute atomic E-state index is 9.95. The first-order valence-electron chi connectivity index (χ1n) is 7.43. The van der Waals surface area contributed by atoms with E-state index >= 15 is 0 Å². The summed E-state index contributed by atoms with van der Waals surface area (Å²) in [5.41, 5.74) is 5.72. The summed E-state index contributed by atoms with van der Waals surface area (Å²) < 4.78 is 0. The van der Waals surface area contributed by atoms with E-state index in [2.05, 4.69) is 25.7 Å². The van der Waals surface area contributed by atoms with Crippen molar-refractivity contribution in [2.24, 2.45) is 23.5 Å². The third-order valence-electron chi connectivity index (χ3n) is 4.26. The average Bonchev–Trinajstić information content (AvgIpc) is 2.19. The van der Waals surface area contributed by atoms with Crippen LogP contribution in [0.15, 0.2) is 0 Å². The number of nitrogens with two attached hydrogens (primary N) is 1. The molecule has 0 aromatic heterocycles. The van der Waals surface area contributed by atoms with Gasteiger partial charge >= 0.3 is 0 Å². The summed E-state index contributed by atoms with van der Waals surface area (Å²) >= 11 is 0. The molecule has 0 heterocycles. The molecule has 0 aromatic carbocycles. The minimum absolute atomic E-state index is 0.319. The molecule has 3 heteroatoms. The molecule has 4 unspecified atom stereocenters. The Bertz CT molecular complexity index is 237. The van der Waals surface area contributed by atoms with Crippen LogP contribution in [0.25, 0.3) is 0 Å². The van der Waals surface area contributed by atoms with Gasteiger partial charge in [0.05, 0.1) is 5.60 Å². The zero-order chi connectivity index (χ0) is 13.9. The summed E-state index contributed by atoms with van der Waals surface area (Å²) in [5, 5.41) is 9.95. The van der Waals surface area contributed by atoms with Gasteiger partial charge in [0.2, 0.25) is 0 Å². The molecular weight excluding hydrogens is 224 g/mol. The van der Waals surface area contributed by atoms with Crippen LogP contribution in [-0.2, 0) is 0 Å². The third-order valence-corrected chi connectivity index (χ3v) is 4.26. The number of hydrogen-bond acceptors (Lipinski definition) is 3. The molecule has 1 aliphatic carbocycles. The molecule has 18 heavy (non-hydrogen) atoms. The maximum Gasteiger partial charge on any atom is 0.0718 e. The van der Waals surface area contributed by atoms with E-state index in [0.717, 1.165) is 32.0 Å². The summed E-state index contributed by atoms with van der Waals surface area (Å²) in [6.45, 7) is 13.3. The molecule has 1 saturated carbocycles. The van der Waals surface area contributed by atoms with Crippen molar-refractivity contribution in [1.29, 1.82) is 0 Å². The van der Waals surface area contributed by atoms with Crippen molar-refractivity contribution in [2.45, 2.75) is 59.1 Å². The van der Waals surface area contributed by atoms with E-state index in [1.165, 1.54) is 6.42 Å². The van der Waals surface area contributed by atoms with Crippen LogP contribution in [0.4, 0.5) is 0 Å². The topological polar surface area (TPSA) is 49.5 Å². The van der Waals surface area contributed by atoms with Crippen LogP contribution in [0.1, 0.15) is 47.5 Å². The minimum atomic E-state index is -0.620. The van der Waals surface area contributed by atoms with Crippen molar-refractivity contribution in [3.63, 3.8) is 0 Å². The zero-order valence-electron chi connectivity index (χ0n) is 12.8. The fraction of sp³-hybridized carbons (Fsp3) is 1.00. The quantitative estimate of drug-likeness (QED) is 0.792. The Labute approximate surface area is 113 Å². The van der Waals surface area contributed by atoms with Crippen molar-refractivity contribution in [2.75, 3.05) is 19.6 Å². The van der Waals surface area contributed by atoms with Gasteiger partial charge in [-0.1, -0.05) is 20.8 Å². The van der Waals surface area contributed by atoms with Gasteiger partial charge in [0.25, 0.3) is 0 Å². The molecule has 0 aliphatic heterocycles. The smallest absolute Gasteiger partial charge is 0.0718 e. The van der Waals surface area contributed by atoms with E-state index in [0.29, 0.717) is 17.9 Å². The van der Waals surface area contributed by atoms with E-state index in [1.807, 2.05) is 13.8 Å². The van der Waals surface area contributed by atoms with Crippen molar-refractivity contribution >= 4 is 0 Å². The number of hydrogen-bond donors (Lipinski definition) is 2. The third kappa shape index (κ3) is 4.87. The Balaban J connectivity index is 2.58. The Morgan fingerprint density at radius 2 is 1.89 bits per heavy atom. The molecule has 1 rings (SSSR count). The molecule has 0 radical (unpaired) electrons. The van der Waals surface area contributed by atoms with Crippen molar-refractivity contribution in [3.8, 4) is 0 Å². The molecule has 3 N–H and O–H groups in total. The van der Waals surface area contributed by atoms with Gasteiger partial charge in [-0.3, -0.25) is 0 Å². The van der Waals surface area contributed by atoms with Crippen molar-refractivity contribution in [3.05, 3.63) is 0 Å².